The fraction of sp³-hybridized carbons (Fsp3) is 0.667. The summed E-state index contributed by atoms with van der Waals surface area (Å²) in [6.07, 6.45) is 17.0. The van der Waals surface area contributed by atoms with E-state index in [4.69, 9.17) is 37.9 Å². The predicted octanol–water partition coefficient (Wildman–Crippen LogP) is 17.1. The van der Waals surface area contributed by atoms with E-state index in [1.165, 1.54) is 44.5 Å². The number of hydrogen-bond donors (Lipinski definition) is 0. The first-order valence-corrected chi connectivity index (χ1v) is 33.9. The third-order valence-corrected chi connectivity index (χ3v) is 19.7. The van der Waals surface area contributed by atoms with Gasteiger partial charge in [-0.05, 0) is 102 Å². The standard InChI is InChI=1S/C72H108N4O8/c1-13-25-29-33-49-53-37-55-50(34-30-26-14-2)57-39-59-52(36-32-28-16-4)60-40-58-51(35-31-27-15-3)56-38-54(49)66-62(42-74(19-7)20-8)68(56)80-47-82-70(58)64(44-76(23-11)24-12)72(60)84-48-83-71(59)63(43-75(21-9)22-10)69(57)81-46-79-67(55)61(41-73(17-5)18-6)65(53)77-45-78-66/h37-40,49-52H,13-36,41-48H2,1-12H3. The normalized spacial score (nSPS) is 18.2. The van der Waals surface area contributed by atoms with Crippen molar-refractivity contribution in [3.05, 3.63) is 91.0 Å². The van der Waals surface area contributed by atoms with Crippen molar-refractivity contribution in [2.75, 3.05) is 79.5 Å². The fourth-order valence-electron chi connectivity index (χ4n) is 14.6. The molecule has 4 heterocycles. The molecule has 0 spiro atoms. The van der Waals surface area contributed by atoms with Gasteiger partial charge in [-0.15, -0.1) is 0 Å². The summed E-state index contributed by atoms with van der Waals surface area (Å²) in [5.74, 6) is 6.95. The molecule has 84 heavy (non-hydrogen) atoms. The molecule has 0 aromatic heterocycles. The van der Waals surface area contributed by atoms with Crippen molar-refractivity contribution >= 4 is 0 Å². The van der Waals surface area contributed by atoms with Gasteiger partial charge in [0.1, 0.15) is 46.0 Å². The maximum Gasteiger partial charge on any atom is 0.230 e. The van der Waals surface area contributed by atoms with Crippen LogP contribution in [0.1, 0.15) is 276 Å². The first kappa shape index (κ1) is 63.6. The summed E-state index contributed by atoms with van der Waals surface area (Å²) in [6, 6.07) is 10.3. The van der Waals surface area contributed by atoms with E-state index in [1.54, 1.807) is 0 Å². The lowest BCUT2D eigenvalue weighted by atomic mass is 9.74. The van der Waals surface area contributed by atoms with Gasteiger partial charge >= 0.3 is 0 Å². The highest BCUT2D eigenvalue weighted by atomic mass is 16.7. The zero-order valence-electron chi connectivity index (χ0n) is 54.3. The lowest BCUT2D eigenvalue weighted by molar-refractivity contribution is 0.0904. The molecule has 0 atom stereocenters. The minimum absolute atomic E-state index is 0.0510. The van der Waals surface area contributed by atoms with Crippen LogP contribution in [0.5, 0.6) is 46.0 Å². The number of hydrogen-bond acceptors (Lipinski definition) is 12. The Bertz CT molecular complexity index is 2290. The minimum atomic E-state index is -0.0613. The molecular formula is C72H108N4O8. The maximum absolute atomic E-state index is 7.32. The van der Waals surface area contributed by atoms with Crippen molar-refractivity contribution in [2.24, 2.45) is 0 Å². The first-order chi connectivity index (χ1) is 41.2. The molecule has 12 heteroatoms. The van der Waals surface area contributed by atoms with Crippen LogP contribution < -0.4 is 37.9 Å². The van der Waals surface area contributed by atoms with Crippen LogP contribution in [0, 0.1) is 0 Å². The minimum Gasteiger partial charge on any atom is -0.457 e. The van der Waals surface area contributed by atoms with E-state index in [1.807, 2.05) is 0 Å². The molecule has 0 saturated carbocycles. The van der Waals surface area contributed by atoms with Crippen LogP contribution in [0.25, 0.3) is 0 Å². The van der Waals surface area contributed by atoms with Crippen LogP contribution in [-0.2, 0) is 26.2 Å². The summed E-state index contributed by atoms with van der Waals surface area (Å²) in [6.45, 7) is 37.5. The van der Waals surface area contributed by atoms with Crippen molar-refractivity contribution in [3.8, 4) is 46.0 Å². The van der Waals surface area contributed by atoms with E-state index in [9.17, 15) is 0 Å². The molecule has 0 radical (unpaired) electrons. The van der Waals surface area contributed by atoms with Gasteiger partial charge in [-0.2, -0.15) is 0 Å². The Morgan fingerprint density at radius 1 is 0.262 bits per heavy atom. The molecule has 0 fully saturated rings. The second-order valence-corrected chi connectivity index (χ2v) is 24.4. The van der Waals surface area contributed by atoms with Crippen LogP contribution in [0.3, 0.4) is 0 Å². The zero-order valence-corrected chi connectivity index (χ0v) is 54.3. The SMILES string of the molecule is CCCCCC1c2cc3c4c(CN(CC)CC)c2OCOc2c1cc1c(c2CN(CC)CC)OCOc2c(cc5c(c2CN(CC)CC)OCOc2c(cc(c(c2CN(CC)CC)OCO4)C3CCCCC)C5CCCCC)C1CCCCC. The zero-order chi connectivity index (χ0) is 59.3. The van der Waals surface area contributed by atoms with E-state index in [2.05, 4.69) is 127 Å². The first-order valence-electron chi connectivity index (χ1n) is 33.9. The molecule has 464 valence electrons. The maximum atomic E-state index is 7.32. The Morgan fingerprint density at radius 2 is 0.429 bits per heavy atom. The monoisotopic (exact) mass is 1160 g/mol. The molecule has 4 aliphatic heterocycles. The van der Waals surface area contributed by atoms with Gasteiger partial charge in [0.05, 0.1) is 22.3 Å². The summed E-state index contributed by atoms with van der Waals surface area (Å²) < 4.78 is 58.5. The Morgan fingerprint density at radius 3 is 0.571 bits per heavy atom. The Hall–Kier alpha value is -4.88. The molecule has 5 aliphatic rings. The summed E-state index contributed by atoms with van der Waals surface area (Å²) in [5.41, 5.74) is 14.3. The van der Waals surface area contributed by atoms with Crippen molar-refractivity contribution in [1.29, 1.82) is 0 Å². The van der Waals surface area contributed by atoms with Crippen LogP contribution >= 0.6 is 0 Å². The molecule has 9 rings (SSSR count). The molecular weight excluding hydrogens is 1050 g/mol. The predicted molar refractivity (Wildman–Crippen MR) is 341 cm³/mol. The second-order valence-electron chi connectivity index (χ2n) is 24.4. The Kier molecular flexibility index (Phi) is 23.2. The average molecular weight is 1160 g/mol. The van der Waals surface area contributed by atoms with Gasteiger partial charge in [0.2, 0.25) is 27.2 Å². The lowest BCUT2D eigenvalue weighted by Crippen LogP contribution is -2.29. The highest BCUT2D eigenvalue weighted by Gasteiger charge is 2.42. The fourth-order valence-corrected chi connectivity index (χ4v) is 14.6. The Balaban J connectivity index is 1.54. The Labute approximate surface area is 507 Å². The molecule has 0 unspecified atom stereocenters. The van der Waals surface area contributed by atoms with Crippen molar-refractivity contribution in [3.63, 3.8) is 0 Å². The van der Waals surface area contributed by atoms with Crippen molar-refractivity contribution < 1.29 is 37.9 Å². The van der Waals surface area contributed by atoms with Crippen LogP contribution in [0.15, 0.2) is 24.3 Å². The molecule has 0 N–H and O–H groups in total. The number of unbranched alkanes of at least 4 members (excludes halogenated alkanes) is 8. The van der Waals surface area contributed by atoms with Crippen LogP contribution in [0.4, 0.5) is 0 Å². The van der Waals surface area contributed by atoms with Gasteiger partial charge in [-0.1, -0.05) is 160 Å². The molecule has 1 aliphatic carbocycles. The van der Waals surface area contributed by atoms with Gasteiger partial charge in [0, 0.05) is 94.4 Å². The number of nitrogens with zero attached hydrogens (tertiary/aromatic N) is 4. The quantitative estimate of drug-likeness (QED) is 0.0437. The summed E-state index contributed by atoms with van der Waals surface area (Å²) in [4.78, 5) is 10.1. The van der Waals surface area contributed by atoms with Gasteiger partial charge in [0.25, 0.3) is 0 Å². The van der Waals surface area contributed by atoms with Gasteiger partial charge in [0.15, 0.2) is 0 Å². The van der Waals surface area contributed by atoms with E-state index in [-0.39, 0.29) is 50.8 Å². The lowest BCUT2D eigenvalue weighted by Gasteiger charge is -2.39. The smallest absolute Gasteiger partial charge is 0.230 e. The number of ether oxygens (including phenoxy) is 8. The molecule has 4 aromatic carbocycles. The van der Waals surface area contributed by atoms with E-state index in [0.717, 1.165) is 223 Å². The van der Waals surface area contributed by atoms with Gasteiger partial charge in [-0.25, -0.2) is 0 Å². The second kappa shape index (κ2) is 30.7. The van der Waals surface area contributed by atoms with Gasteiger partial charge < -0.3 is 37.9 Å². The molecule has 0 amide bonds. The van der Waals surface area contributed by atoms with Crippen molar-refractivity contribution in [1.82, 2.24) is 19.6 Å². The van der Waals surface area contributed by atoms with E-state index in [0.29, 0.717) is 26.2 Å². The number of benzene rings is 4. The molecule has 8 bridgehead atoms. The van der Waals surface area contributed by atoms with Gasteiger partial charge in [-0.3, -0.25) is 19.6 Å². The number of rotatable bonds is 32. The summed E-state index contributed by atoms with van der Waals surface area (Å²) >= 11 is 0. The van der Waals surface area contributed by atoms with Crippen LogP contribution in [0.2, 0.25) is 0 Å². The molecule has 0 saturated heterocycles. The van der Waals surface area contributed by atoms with E-state index >= 15 is 0 Å². The van der Waals surface area contributed by atoms with E-state index < -0.39 is 0 Å². The highest BCUT2D eigenvalue weighted by Crippen LogP contribution is 2.59. The third-order valence-electron chi connectivity index (χ3n) is 19.7. The van der Waals surface area contributed by atoms with Crippen LogP contribution in [-0.4, -0.2) is 99.1 Å². The highest BCUT2D eigenvalue weighted by molar-refractivity contribution is 5.70. The van der Waals surface area contributed by atoms with Crippen molar-refractivity contribution in [2.45, 2.75) is 236 Å². The molecule has 4 aromatic rings. The summed E-state index contributed by atoms with van der Waals surface area (Å²) in [7, 11) is 0. The third kappa shape index (κ3) is 13.3. The molecule has 12 nitrogen and oxygen atoms in total. The summed E-state index contributed by atoms with van der Waals surface area (Å²) in [5, 5.41) is 0. The average Bonchev–Trinajstić information content (AvgIpc) is 1.44. The largest absolute Gasteiger partial charge is 0.457 e. The topological polar surface area (TPSA) is 86.8 Å².